The maximum Gasteiger partial charge on any atom is 0.174 e. The number of nitrogens with zero attached hydrogens (tertiary/aromatic N) is 5. The van der Waals surface area contributed by atoms with Crippen molar-refractivity contribution < 1.29 is 8.78 Å². The number of halogens is 2. The largest absolute Gasteiger partial charge is 0.351 e. The lowest BCUT2D eigenvalue weighted by atomic mass is 10.1. The Morgan fingerprint density at radius 2 is 1.96 bits per heavy atom. The first kappa shape index (κ1) is 18.0. The molecule has 0 unspecified atom stereocenters. The molecule has 4 heterocycles. The number of aryl methyl sites for hydroxylation is 3. The van der Waals surface area contributed by atoms with E-state index in [9.17, 15) is 4.39 Å². The molecule has 4 aromatic rings. The van der Waals surface area contributed by atoms with Gasteiger partial charge >= 0.3 is 0 Å². The van der Waals surface area contributed by atoms with Crippen molar-refractivity contribution in [3.63, 3.8) is 0 Å². The van der Waals surface area contributed by atoms with Gasteiger partial charge < -0.3 is 5.32 Å². The first-order valence-electron chi connectivity index (χ1n) is 8.81. The Morgan fingerprint density at radius 1 is 1.11 bits per heavy atom. The number of hydrogen-bond donors (Lipinski definition) is 1. The van der Waals surface area contributed by atoms with E-state index in [2.05, 4.69) is 25.4 Å². The van der Waals surface area contributed by atoms with Crippen molar-refractivity contribution in [2.45, 2.75) is 20.4 Å². The van der Waals surface area contributed by atoms with Crippen LogP contribution in [0.15, 0.2) is 42.9 Å². The molecule has 0 fully saturated rings. The Morgan fingerprint density at radius 3 is 2.75 bits per heavy atom. The van der Waals surface area contributed by atoms with Crippen LogP contribution in [0.4, 0.5) is 20.2 Å². The zero-order valence-electron chi connectivity index (χ0n) is 15.4. The number of fused-ring (bicyclic) bond motifs is 1. The Hall–Kier alpha value is -3.42. The Kier molecular flexibility index (Phi) is 4.68. The summed E-state index contributed by atoms with van der Waals surface area (Å²) in [7, 11) is 0. The highest BCUT2D eigenvalue weighted by atomic mass is 19.1. The fourth-order valence-corrected chi connectivity index (χ4v) is 3.08. The van der Waals surface area contributed by atoms with E-state index in [0.717, 1.165) is 5.69 Å². The molecule has 0 aliphatic rings. The van der Waals surface area contributed by atoms with Crippen LogP contribution in [0.3, 0.4) is 0 Å². The minimum absolute atomic E-state index is 0.0974. The normalized spacial score (nSPS) is 11.1. The number of rotatable bonds is 5. The highest BCUT2D eigenvalue weighted by molar-refractivity contribution is 5.90. The van der Waals surface area contributed by atoms with Crippen LogP contribution < -0.4 is 5.32 Å². The minimum Gasteiger partial charge on any atom is -0.351 e. The zero-order chi connectivity index (χ0) is 19.7. The van der Waals surface area contributed by atoms with Crippen molar-refractivity contribution in [2.24, 2.45) is 0 Å². The third kappa shape index (κ3) is 3.17. The van der Waals surface area contributed by atoms with Crippen molar-refractivity contribution in [3.05, 3.63) is 59.9 Å². The quantitative estimate of drug-likeness (QED) is 0.557. The molecule has 4 aromatic heterocycles. The highest BCUT2D eigenvalue weighted by Gasteiger charge is 2.18. The van der Waals surface area contributed by atoms with Crippen LogP contribution >= 0.6 is 0 Å². The lowest BCUT2D eigenvalue weighted by molar-refractivity contribution is 0.433. The van der Waals surface area contributed by atoms with Gasteiger partial charge in [0.25, 0.3) is 0 Å². The van der Waals surface area contributed by atoms with Crippen LogP contribution in [0, 0.1) is 19.7 Å². The molecule has 0 atom stereocenters. The summed E-state index contributed by atoms with van der Waals surface area (Å²) in [5, 5.41) is 7.29. The highest BCUT2D eigenvalue weighted by Crippen LogP contribution is 2.32. The van der Waals surface area contributed by atoms with Gasteiger partial charge in [0, 0.05) is 18.1 Å². The molecule has 6 nitrogen and oxygen atoms in total. The second-order valence-electron chi connectivity index (χ2n) is 6.42. The summed E-state index contributed by atoms with van der Waals surface area (Å²) < 4.78 is 29.7. The molecule has 8 heteroatoms. The summed E-state index contributed by atoms with van der Waals surface area (Å²) in [6, 6.07) is 7.09. The molecule has 142 valence electrons. The second kappa shape index (κ2) is 7.30. The molecule has 4 rings (SSSR count). The van der Waals surface area contributed by atoms with Gasteiger partial charge in [0.15, 0.2) is 5.82 Å². The van der Waals surface area contributed by atoms with Crippen molar-refractivity contribution in [1.29, 1.82) is 0 Å². The number of pyridine rings is 3. The molecule has 0 bridgehead atoms. The monoisotopic (exact) mass is 380 g/mol. The molecule has 0 aliphatic heterocycles. The number of anilines is 2. The summed E-state index contributed by atoms with van der Waals surface area (Å²) in [6.07, 6.45) is 4.76. The third-order valence-corrected chi connectivity index (χ3v) is 4.43. The van der Waals surface area contributed by atoms with Gasteiger partial charge in [0.1, 0.15) is 23.4 Å². The van der Waals surface area contributed by atoms with E-state index < -0.39 is 12.5 Å². The van der Waals surface area contributed by atoms with Crippen LogP contribution in [0.2, 0.25) is 0 Å². The third-order valence-electron chi connectivity index (χ3n) is 4.43. The van der Waals surface area contributed by atoms with Gasteiger partial charge in [-0.05, 0) is 37.6 Å². The van der Waals surface area contributed by atoms with Gasteiger partial charge in [-0.25, -0.2) is 8.78 Å². The summed E-state index contributed by atoms with van der Waals surface area (Å²) in [5.41, 5.74) is 4.13. The maximum atomic E-state index is 15.3. The standard InChI is InChI=1S/C20H18F2N6/c1-12-10-24-19(14-5-3-4-13(2)26-14)17(22)18(12)27-15-6-8-23-16-11-25-28(9-7-21)20(15)16/h3-6,8,10-11H,7,9H2,1-2H3,(H,23,24,27). The van der Waals surface area contributed by atoms with Crippen molar-refractivity contribution in [2.75, 3.05) is 12.0 Å². The Balaban J connectivity index is 1.82. The van der Waals surface area contributed by atoms with Gasteiger partial charge in [0.05, 0.1) is 29.8 Å². The summed E-state index contributed by atoms with van der Waals surface area (Å²) in [6.45, 7) is 3.15. The molecule has 1 N–H and O–H groups in total. The first-order valence-corrected chi connectivity index (χ1v) is 8.81. The van der Waals surface area contributed by atoms with E-state index in [4.69, 9.17) is 0 Å². The van der Waals surface area contributed by atoms with E-state index in [-0.39, 0.29) is 17.9 Å². The number of hydrogen-bond acceptors (Lipinski definition) is 5. The van der Waals surface area contributed by atoms with Gasteiger partial charge in [-0.3, -0.25) is 19.6 Å². The number of nitrogens with one attached hydrogen (secondary N) is 1. The second-order valence-corrected chi connectivity index (χ2v) is 6.42. The summed E-state index contributed by atoms with van der Waals surface area (Å²) in [5.74, 6) is -0.500. The average molecular weight is 380 g/mol. The SMILES string of the molecule is Cc1cccc(-c2ncc(C)c(Nc3ccnc4cnn(CCF)c34)c2F)n1. The lowest BCUT2D eigenvalue weighted by Gasteiger charge is -2.14. The van der Waals surface area contributed by atoms with Gasteiger partial charge in [-0.2, -0.15) is 5.10 Å². The summed E-state index contributed by atoms with van der Waals surface area (Å²) >= 11 is 0. The molecule has 0 saturated carbocycles. The molecule has 0 saturated heterocycles. The van der Waals surface area contributed by atoms with Crippen molar-refractivity contribution >= 4 is 22.4 Å². The van der Waals surface area contributed by atoms with Crippen LogP contribution in [-0.4, -0.2) is 31.4 Å². The van der Waals surface area contributed by atoms with Crippen LogP contribution in [0.1, 0.15) is 11.3 Å². The molecule has 0 radical (unpaired) electrons. The molecule has 0 amide bonds. The van der Waals surface area contributed by atoms with Crippen LogP contribution in [-0.2, 0) is 6.54 Å². The molecule has 0 aromatic carbocycles. The maximum absolute atomic E-state index is 15.3. The molecule has 28 heavy (non-hydrogen) atoms. The van der Waals surface area contributed by atoms with Gasteiger partial charge in [-0.15, -0.1) is 0 Å². The topological polar surface area (TPSA) is 68.5 Å². The smallest absolute Gasteiger partial charge is 0.174 e. The Labute approximate surface area is 160 Å². The number of aromatic nitrogens is 5. The fraction of sp³-hybridized carbons (Fsp3) is 0.200. The van der Waals surface area contributed by atoms with E-state index in [1.165, 1.54) is 4.68 Å². The Bertz CT molecular complexity index is 1150. The lowest BCUT2D eigenvalue weighted by Crippen LogP contribution is -2.06. The number of alkyl halides is 1. The van der Waals surface area contributed by atoms with Crippen molar-refractivity contribution in [3.8, 4) is 11.4 Å². The van der Waals surface area contributed by atoms with Crippen LogP contribution in [0.5, 0.6) is 0 Å². The van der Waals surface area contributed by atoms with Gasteiger partial charge in [-0.1, -0.05) is 6.07 Å². The van der Waals surface area contributed by atoms with E-state index >= 15 is 4.39 Å². The van der Waals surface area contributed by atoms with E-state index in [1.807, 2.05) is 19.1 Å². The molecular weight excluding hydrogens is 362 g/mol. The van der Waals surface area contributed by atoms with Crippen LogP contribution in [0.25, 0.3) is 22.4 Å². The predicted molar refractivity (Wildman–Crippen MR) is 104 cm³/mol. The molecule has 0 aliphatic carbocycles. The van der Waals surface area contributed by atoms with Crippen molar-refractivity contribution in [1.82, 2.24) is 24.7 Å². The predicted octanol–water partition coefficient (Wildman–Crippen LogP) is 4.36. The molecule has 0 spiro atoms. The minimum atomic E-state index is -0.559. The zero-order valence-corrected chi connectivity index (χ0v) is 15.4. The summed E-state index contributed by atoms with van der Waals surface area (Å²) in [4.78, 5) is 12.8. The van der Waals surface area contributed by atoms with E-state index in [1.54, 1.807) is 37.6 Å². The molecular formula is C20H18F2N6. The average Bonchev–Trinajstić information content (AvgIpc) is 3.09. The first-order chi connectivity index (χ1) is 13.6. The van der Waals surface area contributed by atoms with Gasteiger partial charge in [0.2, 0.25) is 0 Å². The van der Waals surface area contributed by atoms with E-state index in [0.29, 0.717) is 28.0 Å². The fourth-order valence-electron chi connectivity index (χ4n) is 3.08.